The lowest BCUT2D eigenvalue weighted by Crippen LogP contribution is -2.54. The van der Waals surface area contributed by atoms with Gasteiger partial charge in [-0.2, -0.15) is 13.2 Å². The fraction of sp³-hybridized carbons (Fsp3) is 0.583. The van der Waals surface area contributed by atoms with Crippen LogP contribution in [0.3, 0.4) is 0 Å². The van der Waals surface area contributed by atoms with Gasteiger partial charge in [0.15, 0.2) is 0 Å². The third-order valence-corrected chi connectivity index (χ3v) is 13.1. The van der Waals surface area contributed by atoms with Crippen molar-refractivity contribution in [3.8, 4) is 10.6 Å². The maximum absolute atomic E-state index is 14.0. The lowest BCUT2D eigenvalue weighted by molar-refractivity contribution is -0.140. The molecule has 3 saturated carbocycles. The number of anilines is 1. The number of rotatable bonds is 6. The fourth-order valence-electron chi connectivity index (χ4n) is 6.93. The van der Waals surface area contributed by atoms with E-state index in [4.69, 9.17) is 4.74 Å². The van der Waals surface area contributed by atoms with Crippen LogP contribution in [-0.2, 0) is 40.7 Å². The second-order valence-corrected chi connectivity index (χ2v) is 18.3. The average molecular weight is 780 g/mol. The number of halogens is 3. The summed E-state index contributed by atoms with van der Waals surface area (Å²) in [6.07, 6.45) is -0.0888. The number of hydrogen-bond donors (Lipinski definition) is 3. The van der Waals surface area contributed by atoms with E-state index < -0.39 is 74.3 Å². The number of carbonyl (C=O) groups excluding carboxylic acids is 4. The van der Waals surface area contributed by atoms with Gasteiger partial charge in [0.05, 0.1) is 34.0 Å². The van der Waals surface area contributed by atoms with Gasteiger partial charge in [-0.3, -0.25) is 24.4 Å². The molecule has 2 aromatic rings. The number of thiazole rings is 1. The van der Waals surface area contributed by atoms with E-state index in [1.165, 1.54) is 22.3 Å². The predicted molar refractivity (Wildman–Crippen MR) is 191 cm³/mol. The predicted octanol–water partition coefficient (Wildman–Crippen LogP) is 5.75. The lowest BCUT2D eigenvalue weighted by atomic mass is 9.93. The van der Waals surface area contributed by atoms with E-state index in [0.717, 1.165) is 24.2 Å². The van der Waals surface area contributed by atoms with Gasteiger partial charge in [-0.25, -0.2) is 18.2 Å². The number of nitrogens with one attached hydrogen (secondary N) is 3. The zero-order valence-corrected chi connectivity index (χ0v) is 31.6. The quantitative estimate of drug-likeness (QED) is 0.312. The highest BCUT2D eigenvalue weighted by Crippen LogP contribution is 2.47. The molecule has 1 aromatic carbocycles. The van der Waals surface area contributed by atoms with Gasteiger partial charge in [0.1, 0.15) is 16.7 Å². The minimum Gasteiger partial charge on any atom is -0.446 e. The van der Waals surface area contributed by atoms with Crippen molar-refractivity contribution in [2.75, 3.05) is 18.9 Å². The molecule has 0 bridgehead atoms. The zero-order valence-electron chi connectivity index (χ0n) is 29.9. The van der Waals surface area contributed by atoms with Crippen LogP contribution in [0.25, 0.3) is 10.6 Å². The van der Waals surface area contributed by atoms with Crippen molar-refractivity contribution in [1.29, 1.82) is 0 Å². The van der Waals surface area contributed by atoms with E-state index in [-0.39, 0.29) is 41.8 Å². The molecule has 1 aliphatic heterocycles. The molecular weight excluding hydrogens is 736 g/mol. The molecule has 6 rings (SSSR count). The summed E-state index contributed by atoms with van der Waals surface area (Å²) < 4.78 is 74.5. The van der Waals surface area contributed by atoms with Gasteiger partial charge in [0.25, 0.3) is 5.91 Å². The van der Waals surface area contributed by atoms with Crippen LogP contribution in [0.15, 0.2) is 35.7 Å². The molecule has 288 valence electrons. The molecule has 1 aromatic heterocycles. The standard InChI is InChI=1S/C36H44F3N5O7S2/c1-34(2,3)28-19-52-30(41-28)24-13-10-20(36(37,38)39)15-27(24)40-33(48)51-22-16-25-26(17-22)31(46)44(4)14-8-6-5-7-9-21-18-35(21,42-29(25)45)32(47)43-53(49,50)23-11-12-23/h7,9-10,13,15,19,21-23,25-26H,5-6,8,11-12,14,16-18H2,1-4H3,(H,40,48)(H,42,45)(H,43,47)/b9-7+. The van der Waals surface area contributed by atoms with Crippen LogP contribution < -0.4 is 15.4 Å². The van der Waals surface area contributed by atoms with Crippen molar-refractivity contribution < 1.29 is 45.5 Å². The smallest absolute Gasteiger partial charge is 0.416 e. The number of alkyl halides is 3. The van der Waals surface area contributed by atoms with Gasteiger partial charge in [-0.1, -0.05) is 32.9 Å². The van der Waals surface area contributed by atoms with E-state index >= 15 is 0 Å². The van der Waals surface area contributed by atoms with Crippen LogP contribution in [-0.4, -0.2) is 72.6 Å². The Morgan fingerprint density at radius 2 is 1.81 bits per heavy atom. The monoisotopic (exact) mass is 779 g/mol. The number of hydrogen-bond acceptors (Lipinski definition) is 9. The number of carbonyl (C=O) groups is 4. The van der Waals surface area contributed by atoms with Crippen molar-refractivity contribution in [3.63, 3.8) is 0 Å². The largest absolute Gasteiger partial charge is 0.446 e. The molecule has 0 saturated heterocycles. The van der Waals surface area contributed by atoms with Crippen LogP contribution in [0.2, 0.25) is 0 Å². The van der Waals surface area contributed by atoms with Crippen molar-refractivity contribution in [2.24, 2.45) is 17.8 Å². The Balaban J connectivity index is 1.23. The average Bonchev–Trinajstić information content (AvgIpc) is 3.94. The minimum atomic E-state index is -4.70. The van der Waals surface area contributed by atoms with E-state index in [9.17, 15) is 40.8 Å². The molecule has 4 amide bonds. The maximum atomic E-state index is 14.0. The van der Waals surface area contributed by atoms with Crippen molar-refractivity contribution in [3.05, 3.63) is 47.0 Å². The molecule has 3 aliphatic carbocycles. The first-order chi connectivity index (χ1) is 24.8. The molecule has 5 unspecified atom stereocenters. The van der Waals surface area contributed by atoms with Gasteiger partial charge < -0.3 is 15.0 Å². The Kier molecular flexibility index (Phi) is 10.5. The van der Waals surface area contributed by atoms with Crippen molar-refractivity contribution in [1.82, 2.24) is 19.9 Å². The Morgan fingerprint density at radius 3 is 2.47 bits per heavy atom. The highest BCUT2D eigenvalue weighted by atomic mass is 32.2. The Hall–Kier alpha value is -3.99. The third kappa shape index (κ3) is 8.55. The number of aromatic nitrogens is 1. The number of fused-ring (bicyclic) bond motifs is 2. The molecule has 2 heterocycles. The molecule has 53 heavy (non-hydrogen) atoms. The summed E-state index contributed by atoms with van der Waals surface area (Å²) in [5, 5.41) is 6.76. The van der Waals surface area contributed by atoms with Gasteiger partial charge in [-0.05, 0) is 69.6 Å². The molecule has 3 N–H and O–H groups in total. The number of ether oxygens (including phenoxy) is 1. The van der Waals surface area contributed by atoms with Crippen molar-refractivity contribution in [2.45, 2.75) is 101 Å². The Labute approximate surface area is 310 Å². The van der Waals surface area contributed by atoms with Crippen LogP contribution in [0.4, 0.5) is 23.7 Å². The highest BCUT2D eigenvalue weighted by molar-refractivity contribution is 7.91. The first-order valence-corrected chi connectivity index (χ1v) is 20.2. The topological polar surface area (TPSA) is 164 Å². The first kappa shape index (κ1) is 38.7. The normalized spacial score (nSPS) is 27.5. The molecule has 4 aliphatic rings. The van der Waals surface area contributed by atoms with Crippen LogP contribution in [0.5, 0.6) is 0 Å². The minimum absolute atomic E-state index is 0.0515. The number of amides is 4. The second-order valence-electron chi connectivity index (χ2n) is 15.5. The summed E-state index contributed by atoms with van der Waals surface area (Å²) >= 11 is 1.22. The number of sulfonamides is 1. The second kappa shape index (κ2) is 14.3. The summed E-state index contributed by atoms with van der Waals surface area (Å²) in [6, 6.07) is 2.96. The highest BCUT2D eigenvalue weighted by Gasteiger charge is 2.62. The van der Waals surface area contributed by atoms with Crippen LogP contribution in [0.1, 0.15) is 83.4 Å². The van der Waals surface area contributed by atoms with E-state index in [2.05, 4.69) is 20.3 Å². The molecule has 3 fully saturated rings. The van der Waals surface area contributed by atoms with Crippen LogP contribution >= 0.6 is 11.3 Å². The molecule has 5 atom stereocenters. The van der Waals surface area contributed by atoms with E-state index in [0.29, 0.717) is 37.2 Å². The SMILES string of the molecule is CN1CCCC/C=C/C2CC2(C(=O)NS(=O)(=O)C2CC2)NC(=O)C2CC(OC(=O)Nc3cc(C(F)(F)F)ccc3-c3nc(C(C)(C)C)cs3)CC2C1=O. The Bertz CT molecular complexity index is 1920. The van der Waals surface area contributed by atoms with Gasteiger partial charge >= 0.3 is 12.3 Å². The molecule has 0 radical (unpaired) electrons. The van der Waals surface area contributed by atoms with Gasteiger partial charge in [-0.15, -0.1) is 11.3 Å². The first-order valence-electron chi connectivity index (χ1n) is 17.7. The van der Waals surface area contributed by atoms with E-state index in [1.807, 2.05) is 32.9 Å². The zero-order chi connectivity index (χ0) is 38.5. The summed E-state index contributed by atoms with van der Waals surface area (Å²) in [5.74, 6) is -4.30. The van der Waals surface area contributed by atoms with Gasteiger partial charge in [0, 0.05) is 35.9 Å². The number of nitrogens with zero attached hydrogens (tertiary/aromatic N) is 2. The molecule has 12 nitrogen and oxygen atoms in total. The number of allylic oxidation sites excluding steroid dienone is 1. The van der Waals surface area contributed by atoms with E-state index in [1.54, 1.807) is 12.4 Å². The summed E-state index contributed by atoms with van der Waals surface area (Å²) in [4.78, 5) is 60.7. The fourth-order valence-corrected chi connectivity index (χ4v) is 9.38. The summed E-state index contributed by atoms with van der Waals surface area (Å²) in [5.41, 5.74) is -2.04. The van der Waals surface area contributed by atoms with Crippen molar-refractivity contribution >= 4 is 50.9 Å². The van der Waals surface area contributed by atoms with Gasteiger partial charge in [0.2, 0.25) is 21.8 Å². The number of benzene rings is 1. The third-order valence-electron chi connectivity index (χ3n) is 10.4. The lowest BCUT2D eigenvalue weighted by Gasteiger charge is -2.26. The van der Waals surface area contributed by atoms with Crippen LogP contribution in [0, 0.1) is 17.8 Å². The molecule has 0 spiro atoms. The molecule has 17 heteroatoms. The maximum Gasteiger partial charge on any atom is 0.416 e. The Morgan fingerprint density at radius 1 is 1.09 bits per heavy atom. The summed E-state index contributed by atoms with van der Waals surface area (Å²) in [6.45, 7) is 6.27. The summed E-state index contributed by atoms with van der Waals surface area (Å²) in [7, 11) is -2.29. The molecular formula is C36H44F3N5O7S2.